The van der Waals surface area contributed by atoms with Crippen LogP contribution in [0, 0.1) is 0 Å². The van der Waals surface area contributed by atoms with Crippen molar-refractivity contribution < 1.29 is 14.4 Å². The minimum Gasteiger partial charge on any atom is -0.353 e. The maximum Gasteiger partial charge on any atom is 0.325 e. The van der Waals surface area contributed by atoms with E-state index < -0.39 is 5.54 Å². The number of carbonyl (C=O) groups is 3. The Balaban J connectivity index is 0.00000208. The quantitative estimate of drug-likeness (QED) is 0.652. The average Bonchev–Trinajstić information content (AvgIpc) is 3.04. The molecule has 2 heterocycles. The standard InChI is InChI=1S/C16H26N4O3.ClH/c1-11-10-12(4-8-17-11)18-13(21)5-9-20-14(22)16(19-15(20)23)6-2-3-7-16;/h11-12,17H,2-10H2,1H3,(H,18,21)(H,19,23);1H. The SMILES string of the molecule is CC1CC(NC(=O)CCN2C(=O)NC3(CCCC3)C2=O)CCN1.Cl. The summed E-state index contributed by atoms with van der Waals surface area (Å²) in [4.78, 5) is 37.9. The van der Waals surface area contributed by atoms with Crippen molar-refractivity contribution in [3.8, 4) is 0 Å². The smallest absolute Gasteiger partial charge is 0.325 e. The first-order valence-corrected chi connectivity index (χ1v) is 8.67. The molecule has 3 rings (SSSR count). The Morgan fingerprint density at radius 3 is 2.71 bits per heavy atom. The second-order valence-corrected chi connectivity index (χ2v) is 7.07. The van der Waals surface area contributed by atoms with Crippen molar-refractivity contribution >= 4 is 30.3 Å². The van der Waals surface area contributed by atoms with Gasteiger partial charge in [-0.2, -0.15) is 0 Å². The number of urea groups is 1. The molecule has 1 saturated carbocycles. The highest BCUT2D eigenvalue weighted by Crippen LogP contribution is 2.34. The molecule has 0 aromatic heterocycles. The Kier molecular flexibility index (Phi) is 6.09. The number of rotatable bonds is 4. The van der Waals surface area contributed by atoms with Crippen LogP contribution in [0.3, 0.4) is 0 Å². The van der Waals surface area contributed by atoms with E-state index in [0.29, 0.717) is 18.9 Å². The van der Waals surface area contributed by atoms with E-state index in [4.69, 9.17) is 0 Å². The van der Waals surface area contributed by atoms with E-state index in [1.807, 2.05) is 0 Å². The molecule has 4 amide bonds. The zero-order chi connectivity index (χ0) is 16.4. The molecule has 3 aliphatic rings. The Hall–Kier alpha value is -1.34. The van der Waals surface area contributed by atoms with Gasteiger partial charge in [-0.25, -0.2) is 4.79 Å². The van der Waals surface area contributed by atoms with Gasteiger partial charge in [-0.3, -0.25) is 14.5 Å². The molecule has 0 bridgehead atoms. The lowest BCUT2D eigenvalue weighted by Crippen LogP contribution is -2.47. The predicted octanol–water partition coefficient (Wildman–Crippen LogP) is 0.920. The Morgan fingerprint density at radius 2 is 2.04 bits per heavy atom. The fourth-order valence-electron chi connectivity index (χ4n) is 3.97. The molecule has 3 fully saturated rings. The summed E-state index contributed by atoms with van der Waals surface area (Å²) in [6.07, 6.45) is 5.37. The molecule has 1 aliphatic carbocycles. The second kappa shape index (κ2) is 7.70. The molecule has 8 heteroatoms. The number of imide groups is 1. The summed E-state index contributed by atoms with van der Waals surface area (Å²) >= 11 is 0. The van der Waals surface area contributed by atoms with Crippen LogP contribution in [0.15, 0.2) is 0 Å². The van der Waals surface area contributed by atoms with E-state index in [1.54, 1.807) is 0 Å². The second-order valence-electron chi connectivity index (χ2n) is 7.07. The molecule has 2 atom stereocenters. The average molecular weight is 359 g/mol. The van der Waals surface area contributed by atoms with Gasteiger partial charge in [-0.15, -0.1) is 12.4 Å². The van der Waals surface area contributed by atoms with Gasteiger partial charge in [0.1, 0.15) is 5.54 Å². The van der Waals surface area contributed by atoms with E-state index in [0.717, 1.165) is 32.2 Å². The minimum absolute atomic E-state index is 0. The van der Waals surface area contributed by atoms with E-state index in [9.17, 15) is 14.4 Å². The van der Waals surface area contributed by atoms with E-state index in [2.05, 4.69) is 22.9 Å². The van der Waals surface area contributed by atoms with Crippen molar-refractivity contribution in [2.75, 3.05) is 13.1 Å². The van der Waals surface area contributed by atoms with Crippen LogP contribution in [0.4, 0.5) is 4.79 Å². The summed E-state index contributed by atoms with van der Waals surface area (Å²) in [6.45, 7) is 3.17. The summed E-state index contributed by atoms with van der Waals surface area (Å²) in [7, 11) is 0. The molecular weight excluding hydrogens is 332 g/mol. The number of hydrogen-bond acceptors (Lipinski definition) is 4. The summed E-state index contributed by atoms with van der Waals surface area (Å²) in [6, 6.07) is 0.241. The van der Waals surface area contributed by atoms with Gasteiger partial charge in [-0.05, 0) is 39.2 Å². The molecule has 3 N–H and O–H groups in total. The fraction of sp³-hybridized carbons (Fsp3) is 0.812. The lowest BCUT2D eigenvalue weighted by molar-refractivity contribution is -0.131. The Labute approximate surface area is 148 Å². The van der Waals surface area contributed by atoms with E-state index in [-0.39, 0.29) is 49.3 Å². The van der Waals surface area contributed by atoms with Crippen LogP contribution in [-0.4, -0.2) is 53.5 Å². The zero-order valence-corrected chi connectivity index (χ0v) is 14.9. The fourth-order valence-corrected chi connectivity index (χ4v) is 3.97. The highest BCUT2D eigenvalue weighted by Gasteiger charge is 2.52. The van der Waals surface area contributed by atoms with Crippen LogP contribution in [0.2, 0.25) is 0 Å². The number of carbonyl (C=O) groups excluding carboxylic acids is 3. The largest absolute Gasteiger partial charge is 0.353 e. The monoisotopic (exact) mass is 358 g/mol. The highest BCUT2D eigenvalue weighted by atomic mass is 35.5. The van der Waals surface area contributed by atoms with Crippen molar-refractivity contribution in [1.29, 1.82) is 0 Å². The van der Waals surface area contributed by atoms with Crippen LogP contribution < -0.4 is 16.0 Å². The van der Waals surface area contributed by atoms with Crippen molar-refractivity contribution in [1.82, 2.24) is 20.9 Å². The summed E-state index contributed by atoms with van der Waals surface area (Å²) in [5.41, 5.74) is -0.683. The highest BCUT2D eigenvalue weighted by molar-refractivity contribution is 6.07. The predicted molar refractivity (Wildman–Crippen MR) is 91.9 cm³/mol. The maximum absolute atomic E-state index is 12.5. The van der Waals surface area contributed by atoms with Gasteiger partial charge in [0.05, 0.1) is 0 Å². The van der Waals surface area contributed by atoms with Crippen molar-refractivity contribution in [2.24, 2.45) is 0 Å². The normalized spacial score (nSPS) is 28.6. The van der Waals surface area contributed by atoms with Gasteiger partial charge in [0, 0.05) is 25.0 Å². The third-order valence-electron chi connectivity index (χ3n) is 5.25. The van der Waals surface area contributed by atoms with Crippen LogP contribution in [0.5, 0.6) is 0 Å². The van der Waals surface area contributed by atoms with Crippen molar-refractivity contribution in [3.63, 3.8) is 0 Å². The molecular formula is C16H27ClN4O3. The molecule has 0 aromatic carbocycles. The van der Waals surface area contributed by atoms with E-state index in [1.165, 1.54) is 4.90 Å². The summed E-state index contributed by atoms with van der Waals surface area (Å²) < 4.78 is 0. The number of nitrogens with zero attached hydrogens (tertiary/aromatic N) is 1. The lowest BCUT2D eigenvalue weighted by atomic mass is 9.98. The molecule has 0 aromatic rings. The third-order valence-corrected chi connectivity index (χ3v) is 5.25. The van der Waals surface area contributed by atoms with Crippen LogP contribution >= 0.6 is 12.4 Å². The molecule has 7 nitrogen and oxygen atoms in total. The minimum atomic E-state index is -0.683. The van der Waals surface area contributed by atoms with Gasteiger partial charge in [0.15, 0.2) is 0 Å². The zero-order valence-electron chi connectivity index (χ0n) is 14.1. The van der Waals surface area contributed by atoms with Gasteiger partial charge >= 0.3 is 6.03 Å². The molecule has 2 unspecified atom stereocenters. The molecule has 2 saturated heterocycles. The van der Waals surface area contributed by atoms with Gasteiger partial charge in [-0.1, -0.05) is 12.8 Å². The van der Waals surface area contributed by atoms with Crippen LogP contribution in [0.1, 0.15) is 51.9 Å². The van der Waals surface area contributed by atoms with Crippen molar-refractivity contribution in [3.05, 3.63) is 0 Å². The molecule has 1 spiro atoms. The molecule has 2 aliphatic heterocycles. The maximum atomic E-state index is 12.5. The number of amides is 4. The number of hydrogen-bond donors (Lipinski definition) is 3. The number of nitrogens with one attached hydrogen (secondary N) is 3. The summed E-state index contributed by atoms with van der Waals surface area (Å²) in [5, 5.41) is 9.20. The van der Waals surface area contributed by atoms with Gasteiger partial charge < -0.3 is 16.0 Å². The molecule has 24 heavy (non-hydrogen) atoms. The van der Waals surface area contributed by atoms with Gasteiger partial charge in [0.25, 0.3) is 5.91 Å². The Bertz CT molecular complexity index is 508. The lowest BCUT2D eigenvalue weighted by Gasteiger charge is -2.28. The summed E-state index contributed by atoms with van der Waals surface area (Å²) in [5.74, 6) is -0.236. The topological polar surface area (TPSA) is 90.5 Å². The van der Waals surface area contributed by atoms with Gasteiger partial charge in [0.2, 0.25) is 5.91 Å². The first-order chi connectivity index (χ1) is 11.0. The Morgan fingerprint density at radius 1 is 1.33 bits per heavy atom. The first-order valence-electron chi connectivity index (χ1n) is 8.67. The van der Waals surface area contributed by atoms with Crippen LogP contribution in [-0.2, 0) is 9.59 Å². The molecule has 136 valence electrons. The number of halogens is 1. The van der Waals surface area contributed by atoms with Crippen molar-refractivity contribution in [2.45, 2.75) is 69.5 Å². The van der Waals surface area contributed by atoms with E-state index >= 15 is 0 Å². The molecule has 0 radical (unpaired) electrons. The third kappa shape index (κ3) is 3.83. The van der Waals surface area contributed by atoms with Crippen LogP contribution in [0.25, 0.3) is 0 Å². The number of piperidine rings is 1. The first kappa shape index (κ1) is 19.0.